The molecule has 160 valence electrons. The van der Waals surface area contributed by atoms with Crippen molar-refractivity contribution in [1.29, 1.82) is 0 Å². The Kier molecular flexibility index (Phi) is 5.78. The van der Waals surface area contributed by atoms with E-state index < -0.39 is 5.97 Å². The van der Waals surface area contributed by atoms with E-state index >= 15 is 0 Å². The Morgan fingerprint density at radius 3 is 2.97 bits per heavy atom. The minimum atomic E-state index is -0.646. The van der Waals surface area contributed by atoms with Gasteiger partial charge in [0, 0.05) is 13.1 Å². The van der Waals surface area contributed by atoms with Gasteiger partial charge in [0.15, 0.2) is 0 Å². The van der Waals surface area contributed by atoms with Gasteiger partial charge < -0.3 is 10.0 Å². The molecule has 3 aliphatic rings. The van der Waals surface area contributed by atoms with Gasteiger partial charge in [-0.1, -0.05) is 60.7 Å². The maximum atomic E-state index is 11.4. The molecule has 1 aliphatic heterocycles. The zero-order valence-electron chi connectivity index (χ0n) is 18.1. The molecule has 2 aromatic rings. The monoisotopic (exact) mass is 413 g/mol. The summed E-state index contributed by atoms with van der Waals surface area (Å²) in [6.07, 6.45) is 15.7. The average Bonchev–Trinajstić information content (AvgIpc) is 2.96. The van der Waals surface area contributed by atoms with Crippen molar-refractivity contribution in [3.63, 3.8) is 0 Å². The van der Waals surface area contributed by atoms with Gasteiger partial charge in [-0.15, -0.1) is 0 Å². The summed E-state index contributed by atoms with van der Waals surface area (Å²) in [5, 5.41) is 12.1. The van der Waals surface area contributed by atoms with Gasteiger partial charge in [-0.25, -0.2) is 0 Å². The number of rotatable bonds is 4. The largest absolute Gasteiger partial charge is 0.481 e. The van der Waals surface area contributed by atoms with Crippen LogP contribution in [0.3, 0.4) is 0 Å². The standard InChI is InChI=1S/C28H31NO2/c30-28(31)24-11-6-16-29(19-24)15-5-10-23-17-21-8-1-2-9-22(21)18-27-25-12-4-3-7-20(25)13-14-26(23)27/h1,3-4,7-8,10,12-14,17,22,24H,2,5-6,9,11,15-16,18-19H2,(H,30,31)/t22?,24-/m1/s1. The van der Waals surface area contributed by atoms with E-state index in [1.54, 1.807) is 0 Å². The number of likely N-dealkylation sites (tertiary alicyclic amines) is 1. The average molecular weight is 414 g/mol. The Bertz CT molecular complexity index is 1080. The molecule has 1 unspecified atom stereocenters. The van der Waals surface area contributed by atoms with Crippen LogP contribution in [0.4, 0.5) is 0 Å². The van der Waals surface area contributed by atoms with Crippen LogP contribution in [-0.2, 0) is 11.2 Å². The van der Waals surface area contributed by atoms with E-state index in [0.717, 1.165) is 38.8 Å². The number of carboxylic acids is 1. The van der Waals surface area contributed by atoms with E-state index in [9.17, 15) is 9.90 Å². The number of carbonyl (C=O) groups is 1. The molecular formula is C28H31NO2. The Morgan fingerprint density at radius 2 is 2.06 bits per heavy atom. The van der Waals surface area contributed by atoms with E-state index in [1.165, 1.54) is 45.9 Å². The van der Waals surface area contributed by atoms with Crippen LogP contribution in [0.25, 0.3) is 16.3 Å². The molecule has 1 N–H and O–H groups in total. The van der Waals surface area contributed by atoms with Gasteiger partial charge in [0.1, 0.15) is 0 Å². The number of aliphatic carboxylic acids is 1. The quantitative estimate of drug-likeness (QED) is 0.683. The summed E-state index contributed by atoms with van der Waals surface area (Å²) in [5.41, 5.74) is 5.65. The van der Waals surface area contributed by atoms with E-state index in [2.05, 4.69) is 65.6 Å². The summed E-state index contributed by atoms with van der Waals surface area (Å²) in [4.78, 5) is 13.7. The summed E-state index contributed by atoms with van der Waals surface area (Å²) < 4.78 is 0. The lowest BCUT2D eigenvalue weighted by Gasteiger charge is -2.30. The summed E-state index contributed by atoms with van der Waals surface area (Å²) in [5.74, 6) is -0.256. The Hall–Kier alpha value is -2.65. The van der Waals surface area contributed by atoms with Crippen LogP contribution < -0.4 is 0 Å². The lowest BCUT2D eigenvalue weighted by Crippen LogP contribution is -2.39. The lowest BCUT2D eigenvalue weighted by atomic mass is 9.84. The molecule has 0 radical (unpaired) electrons. The molecule has 1 saturated heterocycles. The van der Waals surface area contributed by atoms with Crippen molar-refractivity contribution in [1.82, 2.24) is 4.90 Å². The zero-order chi connectivity index (χ0) is 21.2. The van der Waals surface area contributed by atoms with Crippen LogP contribution in [0, 0.1) is 11.8 Å². The molecule has 0 bridgehead atoms. The van der Waals surface area contributed by atoms with Crippen LogP contribution in [0.1, 0.15) is 43.2 Å². The molecule has 0 aromatic heterocycles. The van der Waals surface area contributed by atoms with Crippen molar-refractivity contribution in [2.45, 2.75) is 38.5 Å². The molecule has 1 heterocycles. The summed E-state index contributed by atoms with van der Waals surface area (Å²) in [7, 11) is 0. The molecule has 5 rings (SSSR count). The summed E-state index contributed by atoms with van der Waals surface area (Å²) >= 11 is 0. The number of allylic oxidation sites excluding steroid dienone is 5. The first-order valence-corrected chi connectivity index (χ1v) is 11.7. The van der Waals surface area contributed by atoms with Gasteiger partial charge >= 0.3 is 5.97 Å². The van der Waals surface area contributed by atoms with E-state index in [1.807, 2.05) is 0 Å². The van der Waals surface area contributed by atoms with Gasteiger partial charge in [-0.2, -0.15) is 0 Å². The second kappa shape index (κ2) is 8.84. The van der Waals surface area contributed by atoms with Crippen molar-refractivity contribution in [3.8, 4) is 0 Å². The minimum absolute atomic E-state index is 0.207. The van der Waals surface area contributed by atoms with Gasteiger partial charge in [0.25, 0.3) is 0 Å². The van der Waals surface area contributed by atoms with Crippen LogP contribution in [0.5, 0.6) is 0 Å². The third kappa shape index (κ3) is 4.24. The van der Waals surface area contributed by atoms with Crippen molar-refractivity contribution in [3.05, 3.63) is 77.4 Å². The highest BCUT2D eigenvalue weighted by molar-refractivity contribution is 5.92. The highest BCUT2D eigenvalue weighted by atomic mass is 16.4. The summed E-state index contributed by atoms with van der Waals surface area (Å²) in [6, 6.07) is 13.3. The molecule has 0 spiro atoms. The maximum Gasteiger partial charge on any atom is 0.307 e. The Morgan fingerprint density at radius 1 is 1.16 bits per heavy atom. The van der Waals surface area contributed by atoms with E-state index in [4.69, 9.17) is 0 Å². The predicted molar refractivity (Wildman–Crippen MR) is 127 cm³/mol. The molecular weight excluding hydrogens is 382 g/mol. The highest BCUT2D eigenvalue weighted by Gasteiger charge is 2.26. The number of hydrogen-bond acceptors (Lipinski definition) is 2. The first kappa shape index (κ1) is 20.3. The molecule has 3 nitrogen and oxygen atoms in total. The molecule has 3 heteroatoms. The van der Waals surface area contributed by atoms with Crippen molar-refractivity contribution in [2.75, 3.05) is 19.6 Å². The van der Waals surface area contributed by atoms with Crippen LogP contribution in [0.2, 0.25) is 0 Å². The van der Waals surface area contributed by atoms with Gasteiger partial charge in [-0.05, 0) is 84.0 Å². The Balaban J connectivity index is 1.45. The van der Waals surface area contributed by atoms with Crippen LogP contribution in [0.15, 0.2) is 66.3 Å². The SMILES string of the molecule is O=C(O)[C@@H]1CCCN(CCC=C2C=C3C=CCCC3Cc3c2ccc2ccccc32)C1. The minimum Gasteiger partial charge on any atom is -0.481 e. The van der Waals surface area contributed by atoms with Crippen molar-refractivity contribution >= 4 is 22.3 Å². The van der Waals surface area contributed by atoms with E-state index in [-0.39, 0.29) is 5.92 Å². The predicted octanol–water partition coefficient (Wildman–Crippen LogP) is 5.86. The smallest absolute Gasteiger partial charge is 0.307 e. The lowest BCUT2D eigenvalue weighted by molar-refractivity contribution is -0.143. The van der Waals surface area contributed by atoms with Gasteiger partial charge in [0.05, 0.1) is 5.92 Å². The number of carboxylic acid groups (broad SMARTS) is 1. The first-order chi connectivity index (χ1) is 15.2. The van der Waals surface area contributed by atoms with Crippen LogP contribution >= 0.6 is 0 Å². The maximum absolute atomic E-state index is 11.4. The highest BCUT2D eigenvalue weighted by Crippen LogP contribution is 2.39. The third-order valence-corrected chi connectivity index (χ3v) is 7.25. The molecule has 1 fully saturated rings. The third-order valence-electron chi connectivity index (χ3n) is 7.25. The molecule has 0 saturated carbocycles. The van der Waals surface area contributed by atoms with Crippen molar-refractivity contribution < 1.29 is 9.90 Å². The molecule has 2 atom stereocenters. The normalized spacial score (nSPS) is 25.0. The molecule has 31 heavy (non-hydrogen) atoms. The second-order valence-corrected chi connectivity index (χ2v) is 9.26. The Labute approximate surface area is 184 Å². The van der Waals surface area contributed by atoms with E-state index in [0.29, 0.717) is 12.5 Å². The van der Waals surface area contributed by atoms with Crippen molar-refractivity contribution in [2.24, 2.45) is 11.8 Å². The topological polar surface area (TPSA) is 40.5 Å². The van der Waals surface area contributed by atoms with Gasteiger partial charge in [-0.3, -0.25) is 4.79 Å². The van der Waals surface area contributed by atoms with Crippen LogP contribution in [-0.4, -0.2) is 35.6 Å². The second-order valence-electron chi connectivity index (χ2n) is 9.26. The molecule has 0 amide bonds. The molecule has 2 aliphatic carbocycles. The molecule has 2 aromatic carbocycles. The van der Waals surface area contributed by atoms with Gasteiger partial charge in [0.2, 0.25) is 0 Å². The number of fused-ring (bicyclic) bond motifs is 4. The number of benzene rings is 2. The summed E-state index contributed by atoms with van der Waals surface area (Å²) in [6.45, 7) is 2.63. The fourth-order valence-electron chi connectivity index (χ4n) is 5.57. The number of piperidine rings is 1. The fraction of sp³-hybridized carbons (Fsp3) is 0.393. The zero-order valence-corrected chi connectivity index (χ0v) is 18.1. The number of hydrogen-bond donors (Lipinski definition) is 1. The fourth-order valence-corrected chi connectivity index (χ4v) is 5.57. The first-order valence-electron chi connectivity index (χ1n) is 11.7. The number of nitrogens with zero attached hydrogens (tertiary/aromatic N) is 1.